The Hall–Kier alpha value is -1.11. The Morgan fingerprint density at radius 3 is 2.58 bits per heavy atom. The Balaban J connectivity index is 2.10. The molecule has 96 valence electrons. The maximum Gasteiger partial charge on any atom is 0.126 e. The number of nitrogens with two attached hydrogens (primary N) is 1. The van der Waals surface area contributed by atoms with Crippen LogP contribution >= 0.6 is 43.2 Å². The van der Waals surface area contributed by atoms with Crippen LogP contribution in [0.2, 0.25) is 0 Å². The van der Waals surface area contributed by atoms with E-state index in [4.69, 9.17) is 5.73 Å². The number of halogens is 2. The van der Waals surface area contributed by atoms with Gasteiger partial charge in [0, 0.05) is 4.47 Å². The molecule has 0 radical (unpaired) electrons. The number of para-hydroxylation sites is 1. The topological polar surface area (TPSA) is 43.8 Å². The van der Waals surface area contributed by atoms with Gasteiger partial charge in [0.05, 0.1) is 26.2 Å². The van der Waals surface area contributed by atoms with Gasteiger partial charge in [-0.05, 0) is 56.1 Å². The second-order valence-electron chi connectivity index (χ2n) is 3.93. The number of hydrogen-bond acceptors (Lipinski definition) is 3. The van der Waals surface area contributed by atoms with Crippen LogP contribution in [0.25, 0.3) is 16.3 Å². The first kappa shape index (κ1) is 12.9. The van der Waals surface area contributed by atoms with Gasteiger partial charge in [0.25, 0.3) is 0 Å². The zero-order chi connectivity index (χ0) is 13.4. The van der Waals surface area contributed by atoms with Gasteiger partial charge >= 0.3 is 0 Å². The minimum absolute atomic E-state index is 0.671. The van der Waals surface area contributed by atoms with Crippen molar-refractivity contribution >= 4 is 48.9 Å². The van der Waals surface area contributed by atoms with Crippen LogP contribution in [0.15, 0.2) is 50.9 Å². The Labute approximate surface area is 131 Å². The lowest BCUT2D eigenvalue weighted by molar-refractivity contribution is 0.881. The van der Waals surface area contributed by atoms with Crippen LogP contribution < -0.4 is 5.73 Å². The van der Waals surface area contributed by atoms with Crippen LogP contribution in [-0.2, 0) is 0 Å². The number of nitrogen functional groups attached to an aromatic ring is 1. The summed E-state index contributed by atoms with van der Waals surface area (Å²) in [5.74, 6) is 0. The van der Waals surface area contributed by atoms with Crippen molar-refractivity contribution in [2.24, 2.45) is 0 Å². The summed E-state index contributed by atoms with van der Waals surface area (Å²) in [5.41, 5.74) is 8.51. The van der Waals surface area contributed by atoms with E-state index in [1.54, 1.807) is 16.0 Å². The van der Waals surface area contributed by atoms with Crippen LogP contribution in [-0.4, -0.2) is 9.78 Å². The van der Waals surface area contributed by atoms with Crippen molar-refractivity contribution in [2.45, 2.75) is 0 Å². The molecule has 3 rings (SSSR count). The van der Waals surface area contributed by atoms with Crippen LogP contribution in [0.5, 0.6) is 0 Å². The van der Waals surface area contributed by atoms with Gasteiger partial charge in [0.1, 0.15) is 5.69 Å². The monoisotopic (exact) mass is 397 g/mol. The lowest BCUT2D eigenvalue weighted by atomic mass is 10.3. The van der Waals surface area contributed by atoms with E-state index in [9.17, 15) is 0 Å². The van der Waals surface area contributed by atoms with E-state index in [0.717, 1.165) is 24.5 Å². The first-order chi connectivity index (χ1) is 9.15. The second kappa shape index (κ2) is 5.11. The number of benzene rings is 1. The summed E-state index contributed by atoms with van der Waals surface area (Å²) >= 11 is 8.59. The summed E-state index contributed by atoms with van der Waals surface area (Å²) in [6, 6.07) is 11.9. The average Bonchev–Trinajstić information content (AvgIpc) is 2.96. The Morgan fingerprint density at radius 1 is 1.11 bits per heavy atom. The van der Waals surface area contributed by atoms with Crippen molar-refractivity contribution in [3.63, 3.8) is 0 Å². The van der Waals surface area contributed by atoms with Crippen molar-refractivity contribution < 1.29 is 0 Å². The summed E-state index contributed by atoms with van der Waals surface area (Å²) < 4.78 is 3.84. The predicted octanol–water partition coefficient (Wildman–Crippen LogP) is 4.71. The number of aromatic nitrogens is 2. The highest BCUT2D eigenvalue weighted by atomic mass is 79.9. The highest BCUT2D eigenvalue weighted by molar-refractivity contribution is 9.11. The highest BCUT2D eigenvalue weighted by Gasteiger charge is 2.12. The van der Waals surface area contributed by atoms with E-state index in [-0.39, 0.29) is 0 Å². The quantitative estimate of drug-likeness (QED) is 0.679. The molecule has 0 unspecified atom stereocenters. The number of rotatable bonds is 2. The molecule has 3 aromatic rings. The molecule has 0 saturated heterocycles. The maximum absolute atomic E-state index is 6.06. The molecule has 0 amide bonds. The Morgan fingerprint density at radius 2 is 1.89 bits per heavy atom. The maximum atomic E-state index is 6.06. The first-order valence-corrected chi connectivity index (χ1v) is 7.91. The van der Waals surface area contributed by atoms with Crippen molar-refractivity contribution in [1.82, 2.24) is 9.78 Å². The van der Waals surface area contributed by atoms with Crippen LogP contribution in [0.1, 0.15) is 0 Å². The number of thiophene rings is 1. The number of anilines is 1. The van der Waals surface area contributed by atoms with Gasteiger partial charge in [-0.1, -0.05) is 12.1 Å². The fraction of sp³-hybridized carbons (Fsp3) is 0. The third-order valence-electron chi connectivity index (χ3n) is 2.65. The molecular formula is C13H9Br2N3S. The van der Waals surface area contributed by atoms with E-state index in [0.29, 0.717) is 5.69 Å². The molecule has 6 heteroatoms. The van der Waals surface area contributed by atoms with Crippen molar-refractivity contribution in [1.29, 1.82) is 0 Å². The smallest absolute Gasteiger partial charge is 0.126 e. The molecule has 0 aliphatic heterocycles. The summed E-state index contributed by atoms with van der Waals surface area (Å²) in [7, 11) is 0. The van der Waals surface area contributed by atoms with E-state index < -0.39 is 0 Å². The highest BCUT2D eigenvalue weighted by Crippen LogP contribution is 2.34. The second-order valence-corrected chi connectivity index (χ2v) is 7.25. The van der Waals surface area contributed by atoms with Crippen LogP contribution in [0, 0.1) is 0 Å². The number of hydrogen-bond donors (Lipinski definition) is 1. The van der Waals surface area contributed by atoms with Crippen molar-refractivity contribution in [3.8, 4) is 16.3 Å². The van der Waals surface area contributed by atoms with Gasteiger partial charge in [-0.2, -0.15) is 5.10 Å². The normalized spacial score (nSPS) is 10.8. The molecule has 3 nitrogen and oxygen atoms in total. The molecule has 2 N–H and O–H groups in total. The molecule has 0 saturated carbocycles. The Kier molecular flexibility index (Phi) is 3.47. The fourth-order valence-corrected chi connectivity index (χ4v) is 3.64. The first-order valence-electron chi connectivity index (χ1n) is 5.51. The summed E-state index contributed by atoms with van der Waals surface area (Å²) in [5, 5.41) is 4.58. The SMILES string of the molecule is Nc1cn(-c2ccccc2Br)nc1-c1ccc(Br)s1. The van der Waals surface area contributed by atoms with Gasteiger partial charge < -0.3 is 5.73 Å². The van der Waals surface area contributed by atoms with Gasteiger partial charge in [0.15, 0.2) is 0 Å². The van der Waals surface area contributed by atoms with Crippen molar-refractivity contribution in [2.75, 3.05) is 5.73 Å². The average molecular weight is 399 g/mol. The molecule has 2 heterocycles. The van der Waals surface area contributed by atoms with Gasteiger partial charge in [-0.15, -0.1) is 11.3 Å². The lowest BCUT2D eigenvalue weighted by Crippen LogP contribution is -1.95. The standard InChI is InChI=1S/C13H9Br2N3S/c14-8-3-1-2-4-10(8)18-7-9(16)13(17-18)11-5-6-12(15)19-11/h1-7H,16H2. The third-order valence-corrected chi connectivity index (χ3v) is 4.95. The molecule has 0 aliphatic carbocycles. The van der Waals surface area contributed by atoms with Gasteiger partial charge in [0.2, 0.25) is 0 Å². The molecule has 0 aliphatic rings. The minimum atomic E-state index is 0.671. The van der Waals surface area contributed by atoms with Crippen LogP contribution in [0.4, 0.5) is 5.69 Å². The molecule has 1 aromatic carbocycles. The summed E-state index contributed by atoms with van der Waals surface area (Å²) in [4.78, 5) is 1.05. The van der Waals surface area contributed by atoms with E-state index >= 15 is 0 Å². The molecule has 0 fully saturated rings. The zero-order valence-electron chi connectivity index (χ0n) is 9.68. The minimum Gasteiger partial charge on any atom is -0.396 e. The molecule has 0 atom stereocenters. The molecule has 0 spiro atoms. The van der Waals surface area contributed by atoms with E-state index in [1.807, 2.05) is 42.6 Å². The fourth-order valence-electron chi connectivity index (χ4n) is 1.78. The van der Waals surface area contributed by atoms with Crippen molar-refractivity contribution in [3.05, 3.63) is 50.9 Å². The predicted molar refractivity (Wildman–Crippen MR) is 86.7 cm³/mol. The molecule has 19 heavy (non-hydrogen) atoms. The molecule has 0 bridgehead atoms. The molecular weight excluding hydrogens is 390 g/mol. The molecule has 2 aromatic heterocycles. The van der Waals surface area contributed by atoms with Gasteiger partial charge in [-0.25, -0.2) is 4.68 Å². The van der Waals surface area contributed by atoms with E-state index in [1.165, 1.54) is 0 Å². The zero-order valence-corrected chi connectivity index (χ0v) is 13.7. The summed E-state index contributed by atoms with van der Waals surface area (Å²) in [6.07, 6.45) is 1.84. The summed E-state index contributed by atoms with van der Waals surface area (Å²) in [6.45, 7) is 0. The third kappa shape index (κ3) is 2.48. The van der Waals surface area contributed by atoms with E-state index in [2.05, 4.69) is 37.0 Å². The lowest BCUT2D eigenvalue weighted by Gasteiger charge is -2.02. The van der Waals surface area contributed by atoms with Crippen LogP contribution in [0.3, 0.4) is 0 Å². The largest absolute Gasteiger partial charge is 0.396 e. The van der Waals surface area contributed by atoms with Gasteiger partial charge in [-0.3, -0.25) is 0 Å². The Bertz CT molecular complexity index is 733. The number of nitrogens with zero attached hydrogens (tertiary/aromatic N) is 2.